The van der Waals surface area contributed by atoms with Gasteiger partial charge >= 0.3 is 0 Å². The zero-order chi connectivity index (χ0) is 27.7. The molecule has 11 nitrogen and oxygen atoms in total. The first kappa shape index (κ1) is 26.1. The Kier molecular flexibility index (Phi) is 6.92. The van der Waals surface area contributed by atoms with Crippen molar-refractivity contribution in [3.63, 3.8) is 0 Å². The van der Waals surface area contributed by atoms with E-state index >= 15 is 0 Å². The molecule has 3 aromatic rings. The second-order valence-corrected chi connectivity index (χ2v) is 10.1. The van der Waals surface area contributed by atoms with Gasteiger partial charge in [-0.2, -0.15) is 4.99 Å². The molecule has 5 rings (SSSR count). The number of rotatable bonds is 4. The van der Waals surface area contributed by atoms with E-state index in [-0.39, 0.29) is 5.91 Å². The summed E-state index contributed by atoms with van der Waals surface area (Å²) in [6, 6.07) is 14.8. The fraction of sp³-hybridized carbons (Fsp3) is 0.321. The third-order valence-corrected chi connectivity index (χ3v) is 7.06. The van der Waals surface area contributed by atoms with Crippen molar-refractivity contribution in [2.75, 3.05) is 26.3 Å². The van der Waals surface area contributed by atoms with Gasteiger partial charge in [0.05, 0.1) is 24.3 Å². The summed E-state index contributed by atoms with van der Waals surface area (Å²) < 4.78 is 11.5. The number of hydrogen-bond acceptors (Lipinski definition) is 7. The monoisotopic (exact) mass is 527 g/mol. The predicted octanol–water partition coefficient (Wildman–Crippen LogP) is 4.06. The number of guanidine groups is 1. The molecule has 11 heteroatoms. The van der Waals surface area contributed by atoms with Crippen molar-refractivity contribution in [2.45, 2.75) is 26.7 Å². The third kappa shape index (κ3) is 5.00. The number of hydrogen-bond donors (Lipinski definition) is 2. The van der Waals surface area contributed by atoms with E-state index in [0.717, 1.165) is 16.8 Å². The molecule has 1 aromatic carbocycles. The molecule has 0 bridgehead atoms. The van der Waals surface area contributed by atoms with Gasteiger partial charge in [0.25, 0.3) is 11.8 Å². The van der Waals surface area contributed by atoms with Crippen molar-refractivity contribution in [3.05, 3.63) is 70.9 Å². The molecule has 1 unspecified atom stereocenters. The largest absolute Gasteiger partial charge is 0.420 e. The van der Waals surface area contributed by atoms with E-state index in [1.807, 2.05) is 43.3 Å². The molecule has 4 heterocycles. The molecule has 200 valence electrons. The molecule has 1 saturated heterocycles. The number of aliphatic imine (C=N–C) groups is 1. The number of carbonyl (C=O) groups excluding carboxylic acids is 2. The minimum atomic E-state index is -1.08. The van der Waals surface area contributed by atoms with Crippen LogP contribution in [0.25, 0.3) is 11.3 Å². The number of nitrogens with zero attached hydrogens (tertiary/aromatic N) is 5. The summed E-state index contributed by atoms with van der Waals surface area (Å²) in [5.41, 5.74) is 15.8. The predicted molar refractivity (Wildman–Crippen MR) is 143 cm³/mol. The van der Waals surface area contributed by atoms with Crippen LogP contribution < -0.4 is 10.5 Å². The van der Waals surface area contributed by atoms with E-state index in [0.29, 0.717) is 54.9 Å². The fourth-order valence-electron chi connectivity index (χ4n) is 4.92. The van der Waals surface area contributed by atoms with Crippen LogP contribution in [-0.2, 0) is 9.53 Å². The normalized spacial score (nSPS) is 17.1. The number of aromatic nitrogens is 2. The Bertz CT molecular complexity index is 1480. The van der Waals surface area contributed by atoms with Crippen molar-refractivity contribution >= 4 is 17.8 Å². The number of amides is 2. The van der Waals surface area contributed by atoms with Gasteiger partial charge in [-0.1, -0.05) is 38.1 Å². The van der Waals surface area contributed by atoms with Crippen molar-refractivity contribution in [3.8, 4) is 23.0 Å². The number of benzene rings is 1. The number of ether oxygens (including phenoxy) is 2. The quantitative estimate of drug-likeness (QED) is 0.294. The summed E-state index contributed by atoms with van der Waals surface area (Å²) in [6.07, 6.45) is 0. The smallest absolute Gasteiger partial charge is 0.255 e. The minimum Gasteiger partial charge on any atom is -0.420 e. The van der Waals surface area contributed by atoms with Crippen LogP contribution in [0.2, 0.25) is 0 Å². The van der Waals surface area contributed by atoms with Crippen molar-refractivity contribution in [2.24, 2.45) is 21.3 Å². The van der Waals surface area contributed by atoms with Gasteiger partial charge in [0.1, 0.15) is 0 Å². The molecular formula is C28H29N7O4. The first-order chi connectivity index (χ1) is 18.7. The highest BCUT2D eigenvalue weighted by Crippen LogP contribution is 2.51. The van der Waals surface area contributed by atoms with Gasteiger partial charge in [0.2, 0.25) is 17.7 Å². The highest BCUT2D eigenvalue weighted by molar-refractivity contribution is 5.96. The maximum atomic E-state index is 13.2. The molecule has 39 heavy (non-hydrogen) atoms. The van der Waals surface area contributed by atoms with Crippen molar-refractivity contribution in [1.29, 1.82) is 5.53 Å². The number of nitrogens with two attached hydrogens (primary N) is 1. The van der Waals surface area contributed by atoms with Crippen molar-refractivity contribution < 1.29 is 19.1 Å². The Balaban J connectivity index is 1.50. The molecule has 2 aliphatic rings. The average Bonchev–Trinajstić information content (AvgIpc) is 2.95. The molecule has 0 radical (unpaired) electrons. The highest BCUT2D eigenvalue weighted by atomic mass is 16.5. The summed E-state index contributed by atoms with van der Waals surface area (Å²) in [5.74, 6) is -0.752. The molecule has 0 aliphatic carbocycles. The van der Waals surface area contributed by atoms with E-state index in [4.69, 9.17) is 25.7 Å². The van der Waals surface area contributed by atoms with E-state index in [1.54, 1.807) is 30.9 Å². The molecule has 0 saturated carbocycles. The van der Waals surface area contributed by atoms with Gasteiger partial charge in [-0.3, -0.25) is 9.59 Å². The van der Waals surface area contributed by atoms with E-state index < -0.39 is 23.2 Å². The van der Waals surface area contributed by atoms with Gasteiger partial charge in [0.15, 0.2) is 0 Å². The maximum absolute atomic E-state index is 13.2. The molecule has 1 fully saturated rings. The molecule has 2 aliphatic heterocycles. The van der Waals surface area contributed by atoms with Gasteiger partial charge in [-0.15, -0.1) is 5.11 Å². The number of aryl methyl sites for hydroxylation is 1. The topological polar surface area (TPSA) is 156 Å². The number of pyridine rings is 2. The van der Waals surface area contributed by atoms with Crippen LogP contribution in [0, 0.1) is 17.9 Å². The lowest BCUT2D eigenvalue weighted by atomic mass is 9.70. The summed E-state index contributed by atoms with van der Waals surface area (Å²) in [7, 11) is 0. The standard InChI is InChI=1S/C28H29N7O4/c1-16-4-9-19-22(28(2,3)26(37)33-27(29)34-30)20-10-11-21(32-24(20)39-23(19)31-16)17-5-7-18(8-6-17)25(36)35-12-14-38-15-13-35/h4-11,22,30H,12-15H2,1-3H3,(H2,29,33,37). The Hall–Kier alpha value is -4.51. The maximum Gasteiger partial charge on any atom is 0.255 e. The zero-order valence-corrected chi connectivity index (χ0v) is 22.0. The van der Waals surface area contributed by atoms with Gasteiger partial charge in [-0.25, -0.2) is 15.5 Å². The SMILES string of the molecule is Cc1ccc2c(n1)Oc1nc(-c3ccc(C(=O)N4CCOCC4)cc3)ccc1C2C(C)(C)C(=O)N=C(N)N=N. The Morgan fingerprint density at radius 2 is 1.64 bits per heavy atom. The lowest BCUT2D eigenvalue weighted by Gasteiger charge is -2.36. The molecular weight excluding hydrogens is 498 g/mol. The van der Waals surface area contributed by atoms with Crippen LogP contribution in [0.1, 0.15) is 46.9 Å². The summed E-state index contributed by atoms with van der Waals surface area (Å²) in [4.78, 5) is 40.9. The van der Waals surface area contributed by atoms with Crippen LogP contribution in [0.4, 0.5) is 0 Å². The van der Waals surface area contributed by atoms with Gasteiger partial charge in [-0.05, 0) is 31.2 Å². The molecule has 1 atom stereocenters. The summed E-state index contributed by atoms with van der Waals surface area (Å²) in [6.45, 7) is 7.63. The zero-order valence-electron chi connectivity index (χ0n) is 22.0. The summed E-state index contributed by atoms with van der Waals surface area (Å²) in [5, 5.41) is 3.05. The first-order valence-electron chi connectivity index (χ1n) is 12.6. The Morgan fingerprint density at radius 3 is 2.31 bits per heavy atom. The fourth-order valence-corrected chi connectivity index (χ4v) is 4.92. The van der Waals surface area contributed by atoms with E-state index in [9.17, 15) is 9.59 Å². The Morgan fingerprint density at radius 1 is 1.00 bits per heavy atom. The van der Waals surface area contributed by atoms with E-state index in [1.165, 1.54) is 0 Å². The number of morpholine rings is 1. The van der Waals surface area contributed by atoms with Crippen LogP contribution in [0.15, 0.2) is 58.6 Å². The average molecular weight is 528 g/mol. The van der Waals surface area contributed by atoms with Gasteiger partial charge < -0.3 is 20.1 Å². The number of fused-ring (bicyclic) bond motifs is 2. The second-order valence-electron chi connectivity index (χ2n) is 10.1. The summed E-state index contributed by atoms with van der Waals surface area (Å²) >= 11 is 0. The van der Waals surface area contributed by atoms with Crippen LogP contribution in [-0.4, -0.2) is 58.9 Å². The molecule has 2 aromatic heterocycles. The number of nitrogens with one attached hydrogen (secondary N) is 1. The Labute approximate surface area is 225 Å². The van der Waals surface area contributed by atoms with Gasteiger partial charge in [0, 0.05) is 47.0 Å². The van der Waals surface area contributed by atoms with Crippen LogP contribution in [0.3, 0.4) is 0 Å². The molecule has 3 N–H and O–H groups in total. The molecule has 0 spiro atoms. The lowest BCUT2D eigenvalue weighted by molar-refractivity contribution is -0.126. The van der Waals surface area contributed by atoms with Crippen molar-refractivity contribution in [1.82, 2.24) is 14.9 Å². The van der Waals surface area contributed by atoms with Crippen LogP contribution in [0.5, 0.6) is 11.8 Å². The highest BCUT2D eigenvalue weighted by Gasteiger charge is 2.44. The minimum absolute atomic E-state index is 0.0270. The lowest BCUT2D eigenvalue weighted by Crippen LogP contribution is -2.40. The molecule has 2 amide bonds. The third-order valence-electron chi connectivity index (χ3n) is 7.06. The first-order valence-corrected chi connectivity index (χ1v) is 12.6. The number of carbonyl (C=O) groups is 2. The van der Waals surface area contributed by atoms with E-state index in [2.05, 4.69) is 15.1 Å². The van der Waals surface area contributed by atoms with Crippen LogP contribution >= 0.6 is 0 Å². The second kappa shape index (κ2) is 10.3.